The van der Waals surface area contributed by atoms with Gasteiger partial charge in [-0.1, -0.05) is 50.6 Å². The Labute approximate surface area is 562 Å². The average molecular weight is 1360 g/mol. The molecular weight excluding hydrogens is 1280 g/mol. The van der Waals surface area contributed by atoms with Crippen molar-refractivity contribution in [1.29, 1.82) is 0 Å². The molecule has 0 fully saturated rings. The van der Waals surface area contributed by atoms with Crippen molar-refractivity contribution in [1.82, 2.24) is 62.1 Å². The van der Waals surface area contributed by atoms with E-state index in [2.05, 4.69) is 52.5 Å². The molecule has 3 aliphatic rings. The lowest BCUT2D eigenvalue weighted by atomic mass is 9.81. The number of carbonyl (C=O) groups is 10. The number of esters is 1. The van der Waals surface area contributed by atoms with Crippen molar-refractivity contribution in [2.24, 2.45) is 0 Å². The van der Waals surface area contributed by atoms with Crippen molar-refractivity contribution in [2.45, 2.75) is 103 Å². The number of carboxylic acid groups (broad SMARTS) is 1. The fraction of sp³-hybridized carbons (Fsp3) is 0.477. The number of aryl methyl sites for hydroxylation is 2. The number of ether oxygens (including phenoxy) is 6. The van der Waals surface area contributed by atoms with Crippen LogP contribution in [0, 0.1) is 12.7 Å². The topological polar surface area (TPSA) is 423 Å². The highest BCUT2D eigenvalue weighted by atomic mass is 19.1. The summed E-state index contributed by atoms with van der Waals surface area (Å²) in [7, 11) is 5.67. The summed E-state index contributed by atoms with van der Waals surface area (Å²) in [5.74, 6) is -8.12. The van der Waals surface area contributed by atoms with E-state index >= 15 is 4.39 Å². The van der Waals surface area contributed by atoms with Crippen LogP contribution in [0.4, 0.5) is 4.39 Å². The Bertz CT molecular complexity index is 3880. The van der Waals surface area contributed by atoms with E-state index in [0.29, 0.717) is 81.5 Å². The summed E-state index contributed by atoms with van der Waals surface area (Å²) in [5.41, 5.74) is 1.44. The van der Waals surface area contributed by atoms with E-state index in [1.54, 1.807) is 50.2 Å². The lowest BCUT2D eigenvalue weighted by molar-refractivity contribution is -0.172. The maximum atomic E-state index is 15.4. The molecule has 2 aromatic carbocycles. The van der Waals surface area contributed by atoms with Gasteiger partial charge in [-0.15, -0.1) is 0 Å². The number of pyridine rings is 2. The molecule has 0 unspecified atom stereocenters. The van der Waals surface area contributed by atoms with Crippen LogP contribution in [0.25, 0.3) is 22.3 Å². The molecule has 5 heterocycles. The molecule has 33 heteroatoms. The number of hydrogen-bond acceptors (Lipinski definition) is 21. The van der Waals surface area contributed by atoms with Crippen LogP contribution in [0.2, 0.25) is 0 Å². The molecule has 2 radical (unpaired) electrons. The number of amides is 8. The number of carboxylic acids is 1. The van der Waals surface area contributed by atoms with Gasteiger partial charge in [-0.3, -0.25) is 43.2 Å². The molecule has 8 rings (SSSR count). The molecule has 0 bridgehead atoms. The van der Waals surface area contributed by atoms with Crippen LogP contribution in [0.3, 0.4) is 0 Å². The monoisotopic (exact) mass is 1360 g/mol. The van der Waals surface area contributed by atoms with E-state index in [0.717, 1.165) is 0 Å². The Hall–Kier alpha value is -9.67. The lowest BCUT2D eigenvalue weighted by Gasteiger charge is -2.31. The number of halogens is 1. The first-order valence-electron chi connectivity index (χ1n) is 31.9. The van der Waals surface area contributed by atoms with Crippen LogP contribution < -0.4 is 48.1 Å². The molecule has 0 saturated carbocycles. The number of fused-ring (bicyclic) bond motifs is 5. The number of aromatic nitrogens is 4. The van der Waals surface area contributed by atoms with E-state index in [9.17, 15) is 63.0 Å². The molecular formula is C65H78BFN12O19. The highest BCUT2D eigenvalue weighted by Gasteiger charge is 2.46. The van der Waals surface area contributed by atoms with Gasteiger partial charge < -0.3 is 85.7 Å². The fourth-order valence-electron chi connectivity index (χ4n) is 11.3. The zero-order valence-electron chi connectivity index (χ0n) is 54.5. The highest BCUT2D eigenvalue weighted by molar-refractivity contribution is 6.08. The average Bonchev–Trinajstić information content (AvgIpc) is 1.49. The van der Waals surface area contributed by atoms with E-state index in [-0.39, 0.29) is 115 Å². The molecule has 3 aromatic heterocycles. The summed E-state index contributed by atoms with van der Waals surface area (Å²) in [5, 5.41) is 41.8. The zero-order chi connectivity index (χ0) is 70.5. The third kappa shape index (κ3) is 19.1. The van der Waals surface area contributed by atoms with Gasteiger partial charge in [0.15, 0.2) is 17.0 Å². The van der Waals surface area contributed by atoms with Gasteiger partial charge in [0, 0.05) is 42.0 Å². The molecule has 1 aliphatic carbocycles. The van der Waals surface area contributed by atoms with Crippen LogP contribution in [0.15, 0.2) is 47.3 Å². The van der Waals surface area contributed by atoms with Gasteiger partial charge in [0.1, 0.15) is 31.8 Å². The number of hydrogen-bond donors (Lipinski definition) is 10. The second-order valence-corrected chi connectivity index (χ2v) is 22.9. The van der Waals surface area contributed by atoms with Gasteiger partial charge in [-0.2, -0.15) is 0 Å². The van der Waals surface area contributed by atoms with Crippen LogP contribution in [-0.4, -0.2) is 202 Å². The molecule has 0 spiro atoms. The lowest BCUT2D eigenvalue weighted by Crippen LogP contribution is -2.52. The van der Waals surface area contributed by atoms with Gasteiger partial charge in [0.05, 0.1) is 133 Å². The molecule has 31 nitrogen and oxygen atoms in total. The first-order chi connectivity index (χ1) is 47.1. The van der Waals surface area contributed by atoms with Gasteiger partial charge in [-0.05, 0) is 67.2 Å². The van der Waals surface area contributed by atoms with Crippen molar-refractivity contribution in [3.05, 3.63) is 120 Å². The maximum Gasteiger partial charge on any atom is 0.356 e. The Balaban J connectivity index is 0.665. The highest BCUT2D eigenvalue weighted by Crippen LogP contribution is 2.46. The van der Waals surface area contributed by atoms with Crippen molar-refractivity contribution < 1.29 is 91.0 Å². The Morgan fingerprint density at radius 1 is 0.735 bits per heavy atom. The van der Waals surface area contributed by atoms with Crippen LogP contribution in [-0.2, 0) is 111 Å². The number of carbonyl (C=O) groups excluding carboxylic acids is 9. The summed E-state index contributed by atoms with van der Waals surface area (Å²) < 4.78 is 49.4. The summed E-state index contributed by atoms with van der Waals surface area (Å²) in [4.78, 5) is 154. The fourth-order valence-corrected chi connectivity index (χ4v) is 11.3. The predicted molar refractivity (Wildman–Crippen MR) is 344 cm³/mol. The molecule has 3 atom stereocenters. The number of nitrogens with zero attached hydrogens (tertiary/aromatic N) is 4. The number of nitrogens with one attached hydrogen (secondary N) is 8. The van der Waals surface area contributed by atoms with Crippen molar-refractivity contribution in [3.63, 3.8) is 0 Å². The Kier molecular flexibility index (Phi) is 26.9. The van der Waals surface area contributed by atoms with Gasteiger partial charge in [0.25, 0.3) is 11.5 Å². The molecule has 98 heavy (non-hydrogen) atoms. The Morgan fingerprint density at radius 3 is 2.07 bits per heavy atom. The molecule has 10 N–H and O–H groups in total. The molecule has 0 saturated heterocycles. The van der Waals surface area contributed by atoms with Gasteiger partial charge in [-0.25, -0.2) is 28.9 Å². The van der Waals surface area contributed by atoms with E-state index in [1.165, 1.54) is 10.6 Å². The molecule has 2 aliphatic heterocycles. The largest absolute Gasteiger partial charge is 0.476 e. The number of cyclic esters (lactones) is 1. The van der Waals surface area contributed by atoms with E-state index in [4.69, 9.17) is 41.3 Å². The smallest absolute Gasteiger partial charge is 0.356 e. The summed E-state index contributed by atoms with van der Waals surface area (Å²) in [6.07, 6.45) is 1.68. The number of rotatable bonds is 38. The third-order valence-corrected chi connectivity index (χ3v) is 16.3. The number of aliphatic hydroxyl groups is 1. The molecule has 522 valence electrons. The summed E-state index contributed by atoms with van der Waals surface area (Å²) >= 11 is 0. The molecule has 5 aromatic rings. The quantitative estimate of drug-likeness (QED) is 0.00953. The first-order valence-corrected chi connectivity index (χ1v) is 31.9. The predicted octanol–water partition coefficient (Wildman–Crippen LogP) is -1.09. The number of benzene rings is 2. The summed E-state index contributed by atoms with van der Waals surface area (Å²) in [6.45, 7) is 3.57. The van der Waals surface area contributed by atoms with Crippen LogP contribution in [0.5, 0.6) is 0 Å². The van der Waals surface area contributed by atoms with Crippen molar-refractivity contribution in [2.75, 3.05) is 98.9 Å². The molecule has 8 amide bonds. The number of aromatic carboxylic acids is 1. The summed E-state index contributed by atoms with van der Waals surface area (Å²) in [6, 6.07) is 9.73. The normalized spacial score (nSPS) is 15.2. The third-order valence-electron chi connectivity index (χ3n) is 16.3. The van der Waals surface area contributed by atoms with E-state index in [1.807, 2.05) is 6.92 Å². The minimum Gasteiger partial charge on any atom is -0.476 e. The van der Waals surface area contributed by atoms with Crippen LogP contribution >= 0.6 is 0 Å². The minimum absolute atomic E-state index is 0.0150. The zero-order valence-corrected chi connectivity index (χ0v) is 54.5. The second-order valence-electron chi connectivity index (χ2n) is 22.9. The van der Waals surface area contributed by atoms with Crippen LogP contribution in [0.1, 0.15) is 117 Å². The van der Waals surface area contributed by atoms with Crippen molar-refractivity contribution in [3.8, 4) is 11.4 Å². The first kappa shape index (κ1) is 74.1. The minimum atomic E-state index is -2.07. The van der Waals surface area contributed by atoms with Crippen molar-refractivity contribution >= 4 is 77.9 Å². The Morgan fingerprint density at radius 2 is 1.38 bits per heavy atom. The van der Waals surface area contributed by atoms with E-state index < -0.39 is 139 Å². The van der Waals surface area contributed by atoms with Gasteiger partial charge in [0.2, 0.25) is 41.4 Å². The second kappa shape index (κ2) is 35.5. The SMILES string of the molecule is [B]Cc1nc(C(=O)O)c(C(=O)NCC(=O)NCCOCCOCCOCCOCCC(=O)NCC(=O)NCC(=O)N[C@@H](Cc2ccccc2)C(=O)NCC(=O)NCOCC(=O)N[C@H]2CCc3c(C)c(F)cc4nc5c(c2c34)Cn2c-5cc3c(c2=O)COC(=O)[C@]3(O)CC)nc1CCC. The standard InChI is InChI=1S/C65H78BFN12O19/c1-4-9-43-47(27-66)78-59(63(89)90)58(76-43)61(87)72-29-50(81)68-15-17-94-19-21-96-23-22-95-20-18-93-16-14-49(80)69-28-51(82)70-31-53(84)75-46(24-37-10-7-6-8-11-37)60(86)71-30-52(83)73-35-97-34-54(85)74-44-13-12-38-36(3)42(67)26-45-55(38)56(44)39-32-79-48(57(39)77-45)25-41-40(62(79)88)33-98-64(91)65(41,92)5-2/h6-8,10-11,25-26,44,46,92H,4-5,9,12-24,27-35H2,1-3H3,(H,68,81)(H,69,80)(H,70,82)(H,71,86)(H,72,87)(H,73,83)(H,74,85)(H,75,84)(H,89,90)/t44-,46-,65-/m0/s1. The maximum absolute atomic E-state index is 15.4. The van der Waals surface area contributed by atoms with Gasteiger partial charge >= 0.3 is 11.9 Å².